The number of ether oxygens (including phenoxy) is 1. The average Bonchev–Trinajstić information content (AvgIpc) is 3.33. The van der Waals surface area contributed by atoms with E-state index in [2.05, 4.69) is 26.8 Å². The third-order valence-electron chi connectivity index (χ3n) is 6.29. The second-order valence-electron chi connectivity index (χ2n) is 8.05. The van der Waals surface area contributed by atoms with E-state index in [1.807, 2.05) is 13.1 Å². The number of likely N-dealkylation sites (tertiary alicyclic amines) is 1. The molecular formula is C19H30N4O2. The van der Waals surface area contributed by atoms with E-state index in [1.54, 1.807) is 0 Å². The van der Waals surface area contributed by atoms with Crippen LogP contribution in [0, 0.1) is 24.7 Å². The van der Waals surface area contributed by atoms with Crippen molar-refractivity contribution in [1.29, 1.82) is 0 Å². The monoisotopic (exact) mass is 346 g/mol. The van der Waals surface area contributed by atoms with Crippen LogP contribution in [-0.4, -0.2) is 52.7 Å². The first-order valence-corrected chi connectivity index (χ1v) is 9.69. The second kappa shape index (κ2) is 7.08. The Morgan fingerprint density at radius 3 is 2.68 bits per heavy atom. The van der Waals surface area contributed by atoms with Gasteiger partial charge in [0.1, 0.15) is 5.82 Å². The molecule has 0 unspecified atom stereocenters. The lowest BCUT2D eigenvalue weighted by atomic mass is 9.95. The molecule has 3 aliphatic rings. The molecule has 0 radical (unpaired) electrons. The molecule has 1 aromatic heterocycles. The molecule has 3 fully saturated rings. The molecular weight excluding hydrogens is 316 g/mol. The Labute approximate surface area is 149 Å². The summed E-state index contributed by atoms with van der Waals surface area (Å²) >= 11 is 0. The first-order valence-electron chi connectivity index (χ1n) is 9.69. The third kappa shape index (κ3) is 3.75. The van der Waals surface area contributed by atoms with E-state index in [4.69, 9.17) is 4.74 Å². The molecule has 1 N–H and O–H groups in total. The highest BCUT2D eigenvalue weighted by atomic mass is 16.5. The molecule has 1 amide bonds. The fourth-order valence-electron chi connectivity index (χ4n) is 4.38. The Hall–Kier alpha value is -1.40. The summed E-state index contributed by atoms with van der Waals surface area (Å²) in [7, 11) is 2.08. The summed E-state index contributed by atoms with van der Waals surface area (Å²) in [5, 5.41) is 3.40. The van der Waals surface area contributed by atoms with Gasteiger partial charge in [-0.05, 0) is 44.4 Å². The van der Waals surface area contributed by atoms with Crippen LogP contribution in [0.3, 0.4) is 0 Å². The predicted molar refractivity (Wildman–Crippen MR) is 94.9 cm³/mol. The number of aryl methyl sites for hydroxylation is 1. The van der Waals surface area contributed by atoms with Gasteiger partial charge in [0, 0.05) is 58.1 Å². The number of carbonyl (C=O) groups excluding carboxylic acids is 1. The van der Waals surface area contributed by atoms with E-state index >= 15 is 0 Å². The third-order valence-corrected chi connectivity index (χ3v) is 6.29. The van der Waals surface area contributed by atoms with Crippen LogP contribution in [0.15, 0.2) is 6.20 Å². The molecule has 2 saturated heterocycles. The van der Waals surface area contributed by atoms with Gasteiger partial charge < -0.3 is 14.6 Å². The maximum atomic E-state index is 12.7. The van der Waals surface area contributed by atoms with Gasteiger partial charge in [-0.1, -0.05) is 0 Å². The average molecular weight is 346 g/mol. The summed E-state index contributed by atoms with van der Waals surface area (Å²) in [5.74, 6) is 2.85. The summed E-state index contributed by atoms with van der Waals surface area (Å²) in [6.45, 7) is 6.46. The Bertz CT molecular complexity index is 619. The summed E-state index contributed by atoms with van der Waals surface area (Å²) in [5.41, 5.74) is 1.25. The molecule has 6 nitrogen and oxygen atoms in total. The number of imidazole rings is 1. The van der Waals surface area contributed by atoms with E-state index in [9.17, 15) is 4.79 Å². The Balaban J connectivity index is 1.38. The fourth-order valence-corrected chi connectivity index (χ4v) is 4.38. The molecule has 0 spiro atoms. The fraction of sp³-hybridized carbons (Fsp3) is 0.789. The van der Waals surface area contributed by atoms with Crippen molar-refractivity contribution in [2.45, 2.75) is 45.2 Å². The molecule has 2 aliphatic heterocycles. The van der Waals surface area contributed by atoms with Gasteiger partial charge in [0.2, 0.25) is 5.91 Å². The zero-order valence-electron chi connectivity index (χ0n) is 15.4. The number of aromatic nitrogens is 2. The number of nitrogens with one attached hydrogen (secondary N) is 1. The van der Waals surface area contributed by atoms with Crippen molar-refractivity contribution >= 4 is 5.91 Å². The van der Waals surface area contributed by atoms with Gasteiger partial charge in [0.15, 0.2) is 0 Å². The van der Waals surface area contributed by atoms with E-state index in [-0.39, 0.29) is 11.8 Å². The van der Waals surface area contributed by atoms with Crippen LogP contribution in [0.4, 0.5) is 0 Å². The van der Waals surface area contributed by atoms with Crippen molar-refractivity contribution in [2.24, 2.45) is 24.8 Å². The lowest BCUT2D eigenvalue weighted by molar-refractivity contribution is -0.128. The van der Waals surface area contributed by atoms with E-state index < -0.39 is 0 Å². The van der Waals surface area contributed by atoms with E-state index in [0.29, 0.717) is 12.0 Å². The van der Waals surface area contributed by atoms with E-state index in [1.165, 1.54) is 18.5 Å². The predicted octanol–water partition coefficient (Wildman–Crippen LogP) is 1.48. The van der Waals surface area contributed by atoms with Gasteiger partial charge in [-0.2, -0.15) is 0 Å². The molecule has 4 rings (SSSR count). The molecule has 1 aliphatic carbocycles. The molecule has 138 valence electrons. The second-order valence-corrected chi connectivity index (χ2v) is 8.05. The summed E-state index contributed by atoms with van der Waals surface area (Å²) in [4.78, 5) is 19.6. The van der Waals surface area contributed by atoms with Crippen LogP contribution < -0.4 is 5.32 Å². The van der Waals surface area contributed by atoms with Crippen molar-refractivity contribution in [2.75, 3.05) is 26.3 Å². The van der Waals surface area contributed by atoms with Gasteiger partial charge in [0.25, 0.3) is 0 Å². The van der Waals surface area contributed by atoms with E-state index in [0.717, 1.165) is 57.4 Å². The largest absolute Gasteiger partial charge is 0.381 e. The van der Waals surface area contributed by atoms with Crippen LogP contribution in [0.2, 0.25) is 0 Å². The van der Waals surface area contributed by atoms with Gasteiger partial charge in [-0.15, -0.1) is 0 Å². The summed E-state index contributed by atoms with van der Waals surface area (Å²) in [6, 6.07) is 0.303. The number of carbonyl (C=O) groups is 1. The minimum absolute atomic E-state index is 0.141. The molecule has 1 saturated carbocycles. The highest BCUT2D eigenvalue weighted by molar-refractivity contribution is 5.79. The topological polar surface area (TPSA) is 59.4 Å². The number of nitrogens with zero attached hydrogens (tertiary/aromatic N) is 3. The smallest absolute Gasteiger partial charge is 0.223 e. The van der Waals surface area contributed by atoms with Crippen LogP contribution in [0.25, 0.3) is 0 Å². The Kier molecular flexibility index (Phi) is 4.82. The molecule has 6 heteroatoms. The molecule has 25 heavy (non-hydrogen) atoms. The van der Waals surface area contributed by atoms with Gasteiger partial charge in [0.05, 0.1) is 5.69 Å². The number of hydrogen-bond donors (Lipinski definition) is 1. The maximum absolute atomic E-state index is 12.7. The van der Waals surface area contributed by atoms with Crippen molar-refractivity contribution < 1.29 is 9.53 Å². The first-order chi connectivity index (χ1) is 12.1. The summed E-state index contributed by atoms with van der Waals surface area (Å²) in [6.07, 6.45) is 6.37. The molecule has 3 heterocycles. The number of amides is 1. The lowest BCUT2D eigenvalue weighted by Crippen LogP contribution is -2.45. The minimum atomic E-state index is 0.141. The molecule has 1 aromatic rings. The SMILES string of the molecule is Cc1ncc(CN2C[C@@H](NC(=O)C3CCOCC3)[C@H](C3CC3)C2)n1C. The molecule has 0 aromatic carbocycles. The van der Waals surface area contributed by atoms with Crippen molar-refractivity contribution in [3.05, 3.63) is 17.7 Å². The van der Waals surface area contributed by atoms with Crippen molar-refractivity contribution in [3.63, 3.8) is 0 Å². The van der Waals surface area contributed by atoms with Gasteiger partial charge in [-0.3, -0.25) is 9.69 Å². The first kappa shape index (κ1) is 17.0. The zero-order chi connectivity index (χ0) is 17.4. The highest BCUT2D eigenvalue weighted by Gasteiger charge is 2.43. The Morgan fingerprint density at radius 1 is 1.28 bits per heavy atom. The number of hydrogen-bond acceptors (Lipinski definition) is 4. The van der Waals surface area contributed by atoms with Crippen LogP contribution in [0.5, 0.6) is 0 Å². The van der Waals surface area contributed by atoms with Crippen LogP contribution >= 0.6 is 0 Å². The molecule has 2 atom stereocenters. The van der Waals surface area contributed by atoms with Crippen LogP contribution in [0.1, 0.15) is 37.2 Å². The van der Waals surface area contributed by atoms with Gasteiger partial charge >= 0.3 is 0 Å². The molecule has 0 bridgehead atoms. The lowest BCUT2D eigenvalue weighted by Gasteiger charge is -2.25. The minimum Gasteiger partial charge on any atom is -0.381 e. The highest BCUT2D eigenvalue weighted by Crippen LogP contribution is 2.41. The van der Waals surface area contributed by atoms with Gasteiger partial charge in [-0.25, -0.2) is 4.98 Å². The Morgan fingerprint density at radius 2 is 2.04 bits per heavy atom. The number of rotatable bonds is 5. The summed E-state index contributed by atoms with van der Waals surface area (Å²) < 4.78 is 7.56. The zero-order valence-corrected chi connectivity index (χ0v) is 15.4. The van der Waals surface area contributed by atoms with Crippen LogP contribution in [-0.2, 0) is 23.1 Å². The normalized spacial score (nSPS) is 28.4. The van der Waals surface area contributed by atoms with Crippen molar-refractivity contribution in [1.82, 2.24) is 19.8 Å². The standard InChI is InChI=1S/C19H30N4O2/c1-13-20-9-16(22(13)2)10-23-11-17(14-3-4-14)18(12-23)21-19(24)15-5-7-25-8-6-15/h9,14-15,17-18H,3-8,10-12H2,1-2H3,(H,21,24)/t17-,18+/m0/s1. The maximum Gasteiger partial charge on any atom is 0.223 e. The van der Waals surface area contributed by atoms with Crippen molar-refractivity contribution in [3.8, 4) is 0 Å². The quantitative estimate of drug-likeness (QED) is 0.877.